The molecule has 3 N–H and O–H groups in total. The Morgan fingerprint density at radius 2 is 1.69 bits per heavy atom. The van der Waals surface area contributed by atoms with Crippen LogP contribution in [-0.4, -0.2) is 34.5 Å². The van der Waals surface area contributed by atoms with Crippen molar-refractivity contribution in [2.24, 2.45) is 0 Å². The van der Waals surface area contributed by atoms with E-state index in [1.54, 1.807) is 23.6 Å². The highest BCUT2D eigenvalue weighted by molar-refractivity contribution is 7.94. The number of amides is 2. The summed E-state index contributed by atoms with van der Waals surface area (Å²) in [7, 11) is -1.05. The van der Waals surface area contributed by atoms with Crippen LogP contribution in [-0.2, 0) is 10.0 Å². The maximum absolute atomic E-state index is 12.6. The largest absolute Gasteiger partial charge is 0.493 e. The molecule has 0 spiro atoms. The molecule has 0 saturated heterocycles. The van der Waals surface area contributed by atoms with Crippen LogP contribution in [0, 0.1) is 0 Å². The molecular weight excluding hydrogens is 478 g/mol. The molecule has 0 radical (unpaired) electrons. The van der Waals surface area contributed by atoms with Crippen LogP contribution < -0.4 is 25.0 Å². The molecule has 0 aliphatic rings. The average molecular weight is 496 g/mol. The number of nitrogens with one attached hydrogen (secondary N) is 3. The van der Waals surface area contributed by atoms with E-state index in [0.29, 0.717) is 0 Å². The third-order valence-electron chi connectivity index (χ3n) is 4.16. The zero-order valence-electron chi connectivity index (χ0n) is 16.8. The van der Waals surface area contributed by atoms with Crippen LogP contribution in [0.25, 0.3) is 0 Å². The van der Waals surface area contributed by atoms with Gasteiger partial charge in [-0.25, -0.2) is 8.42 Å². The van der Waals surface area contributed by atoms with Crippen molar-refractivity contribution in [2.75, 3.05) is 18.9 Å². The monoisotopic (exact) mass is 495 g/mol. The Balaban J connectivity index is 1.75. The lowest BCUT2D eigenvalue weighted by molar-refractivity contribution is 0.0847. The van der Waals surface area contributed by atoms with Gasteiger partial charge in [-0.15, -0.1) is 11.3 Å². The van der Waals surface area contributed by atoms with Gasteiger partial charge in [-0.3, -0.25) is 25.2 Å². The van der Waals surface area contributed by atoms with E-state index in [0.717, 1.165) is 11.3 Å². The van der Waals surface area contributed by atoms with Crippen molar-refractivity contribution in [2.45, 2.75) is 4.21 Å². The van der Waals surface area contributed by atoms with Crippen molar-refractivity contribution < 1.29 is 27.5 Å². The average Bonchev–Trinajstić information content (AvgIpc) is 3.33. The third-order valence-corrected chi connectivity index (χ3v) is 7.20. The van der Waals surface area contributed by atoms with E-state index < -0.39 is 21.8 Å². The van der Waals surface area contributed by atoms with E-state index in [2.05, 4.69) is 15.6 Å². The Kier molecular flexibility index (Phi) is 7.23. The van der Waals surface area contributed by atoms with Crippen LogP contribution in [0.4, 0.5) is 5.69 Å². The van der Waals surface area contributed by atoms with Crippen LogP contribution >= 0.6 is 22.9 Å². The minimum atomic E-state index is -3.86. The molecule has 1 aromatic heterocycles. The standard InChI is InChI=1S/C20H18ClN3O6S2/c1-29-16-11-12(10-14(21)18(16)30-2)19(25)22-23-20(26)13-6-3-4-7-15(13)24-32(27,28)17-8-5-9-31-17/h3-11,24H,1-2H3,(H,22,25)(H,23,26). The molecule has 0 aliphatic carbocycles. The number of anilines is 1. The van der Waals surface area contributed by atoms with Gasteiger partial charge in [-0.2, -0.15) is 0 Å². The Morgan fingerprint density at radius 1 is 0.969 bits per heavy atom. The lowest BCUT2D eigenvalue weighted by Gasteiger charge is -2.14. The number of carbonyl (C=O) groups is 2. The molecule has 32 heavy (non-hydrogen) atoms. The number of carbonyl (C=O) groups excluding carboxylic acids is 2. The number of hydrogen-bond donors (Lipinski definition) is 3. The van der Waals surface area contributed by atoms with Crippen LogP contribution in [0.3, 0.4) is 0 Å². The van der Waals surface area contributed by atoms with Crippen LogP contribution in [0.1, 0.15) is 20.7 Å². The van der Waals surface area contributed by atoms with Gasteiger partial charge in [0.25, 0.3) is 21.8 Å². The van der Waals surface area contributed by atoms with E-state index in [4.69, 9.17) is 21.1 Å². The number of ether oxygens (including phenoxy) is 2. The van der Waals surface area contributed by atoms with Gasteiger partial charge < -0.3 is 9.47 Å². The highest BCUT2D eigenvalue weighted by Gasteiger charge is 2.20. The number of thiophene rings is 1. The quantitative estimate of drug-likeness (QED) is 0.432. The molecule has 3 aromatic rings. The lowest BCUT2D eigenvalue weighted by atomic mass is 10.1. The highest BCUT2D eigenvalue weighted by Crippen LogP contribution is 2.36. The number of benzene rings is 2. The van der Waals surface area contributed by atoms with Crippen molar-refractivity contribution in [1.29, 1.82) is 0 Å². The molecule has 2 amide bonds. The number of sulfonamides is 1. The first kappa shape index (κ1) is 23.4. The first-order valence-corrected chi connectivity index (χ1v) is 11.7. The van der Waals surface area contributed by atoms with Crippen LogP contribution in [0.5, 0.6) is 11.5 Å². The summed E-state index contributed by atoms with van der Waals surface area (Å²) in [6.45, 7) is 0. The van der Waals surface area contributed by atoms with Crippen LogP contribution in [0.2, 0.25) is 5.02 Å². The van der Waals surface area contributed by atoms with Gasteiger partial charge in [0.15, 0.2) is 11.5 Å². The predicted octanol–water partition coefficient (Wildman–Crippen LogP) is 3.29. The van der Waals surface area contributed by atoms with Crippen molar-refractivity contribution in [3.05, 3.63) is 70.1 Å². The number of hydrazine groups is 1. The number of hydrogen-bond acceptors (Lipinski definition) is 7. The Bertz CT molecular complexity index is 1250. The summed E-state index contributed by atoms with van der Waals surface area (Å²) in [6.07, 6.45) is 0. The number of rotatable bonds is 7. The molecule has 0 unspecified atom stereocenters. The van der Waals surface area contributed by atoms with Crippen molar-refractivity contribution in [3.63, 3.8) is 0 Å². The van der Waals surface area contributed by atoms with E-state index in [1.165, 1.54) is 44.6 Å². The first-order valence-electron chi connectivity index (χ1n) is 8.94. The topological polar surface area (TPSA) is 123 Å². The fraction of sp³-hybridized carbons (Fsp3) is 0.100. The Hall–Kier alpha value is -3.28. The molecule has 0 saturated carbocycles. The fourth-order valence-electron chi connectivity index (χ4n) is 2.68. The van der Waals surface area contributed by atoms with Gasteiger partial charge >= 0.3 is 0 Å². The number of halogens is 1. The normalized spacial score (nSPS) is 10.8. The van der Waals surface area contributed by atoms with E-state index in [-0.39, 0.29) is 37.5 Å². The molecule has 0 aliphatic heterocycles. The van der Waals surface area contributed by atoms with Gasteiger partial charge in [0.1, 0.15) is 4.21 Å². The molecular formula is C20H18ClN3O6S2. The zero-order valence-corrected chi connectivity index (χ0v) is 19.2. The number of methoxy groups -OCH3 is 2. The molecule has 0 fully saturated rings. The second-order valence-corrected chi connectivity index (χ2v) is 9.45. The maximum Gasteiger partial charge on any atom is 0.271 e. The minimum Gasteiger partial charge on any atom is -0.493 e. The fourth-order valence-corrected chi connectivity index (χ4v) is 5.04. The third kappa shape index (κ3) is 5.13. The van der Waals surface area contributed by atoms with E-state index in [9.17, 15) is 18.0 Å². The van der Waals surface area contributed by atoms with Gasteiger partial charge in [-0.1, -0.05) is 29.8 Å². The highest BCUT2D eigenvalue weighted by atomic mass is 35.5. The Morgan fingerprint density at radius 3 is 2.34 bits per heavy atom. The summed E-state index contributed by atoms with van der Waals surface area (Å²) < 4.78 is 37.8. The summed E-state index contributed by atoms with van der Waals surface area (Å²) >= 11 is 7.15. The lowest BCUT2D eigenvalue weighted by Crippen LogP contribution is -2.42. The summed E-state index contributed by atoms with van der Waals surface area (Å²) in [6, 6.07) is 11.8. The number of para-hydroxylation sites is 1. The molecule has 2 aromatic carbocycles. The molecule has 12 heteroatoms. The summed E-state index contributed by atoms with van der Waals surface area (Å²) in [4.78, 5) is 25.1. The smallest absolute Gasteiger partial charge is 0.271 e. The first-order chi connectivity index (χ1) is 15.3. The predicted molar refractivity (Wildman–Crippen MR) is 121 cm³/mol. The van der Waals surface area contributed by atoms with Crippen molar-refractivity contribution in [3.8, 4) is 11.5 Å². The summed E-state index contributed by atoms with van der Waals surface area (Å²) in [5.41, 5.74) is 4.70. The second kappa shape index (κ2) is 9.90. The molecule has 1 heterocycles. The summed E-state index contributed by atoms with van der Waals surface area (Å²) in [5, 5.41) is 1.78. The molecule has 9 nitrogen and oxygen atoms in total. The maximum atomic E-state index is 12.6. The SMILES string of the molecule is COc1cc(C(=O)NNC(=O)c2ccccc2NS(=O)(=O)c2cccs2)cc(Cl)c1OC. The van der Waals surface area contributed by atoms with Gasteiger partial charge in [0.2, 0.25) is 0 Å². The molecule has 3 rings (SSSR count). The summed E-state index contributed by atoms with van der Waals surface area (Å²) in [5.74, 6) is -0.890. The molecule has 168 valence electrons. The molecule has 0 atom stereocenters. The van der Waals surface area contributed by atoms with Crippen molar-refractivity contribution in [1.82, 2.24) is 10.9 Å². The minimum absolute atomic E-state index is 0.0123. The zero-order chi connectivity index (χ0) is 23.3. The van der Waals surface area contributed by atoms with Gasteiger partial charge in [0, 0.05) is 5.56 Å². The van der Waals surface area contributed by atoms with Gasteiger partial charge in [-0.05, 0) is 35.7 Å². The van der Waals surface area contributed by atoms with Gasteiger partial charge in [0.05, 0.1) is 30.5 Å². The Labute approximate surface area is 193 Å². The second-order valence-electron chi connectivity index (χ2n) is 6.18. The van der Waals surface area contributed by atoms with Crippen LogP contribution in [0.15, 0.2) is 58.1 Å². The molecule has 0 bridgehead atoms. The van der Waals surface area contributed by atoms with Crippen molar-refractivity contribution >= 4 is 50.5 Å². The van der Waals surface area contributed by atoms with E-state index in [1.807, 2.05) is 0 Å². The van der Waals surface area contributed by atoms with E-state index >= 15 is 0 Å².